The van der Waals surface area contributed by atoms with Crippen LogP contribution in [0.4, 0.5) is 0 Å². The first kappa shape index (κ1) is 21.2. The van der Waals surface area contributed by atoms with Gasteiger partial charge in [0.05, 0.1) is 7.11 Å². The molecule has 20 heavy (non-hydrogen) atoms. The monoisotopic (exact) mass is 283 g/mol. The van der Waals surface area contributed by atoms with Crippen LogP contribution >= 0.6 is 0 Å². The quantitative estimate of drug-likeness (QED) is 0.466. The zero-order valence-electron chi connectivity index (χ0n) is 14.5. The van der Waals surface area contributed by atoms with Crippen molar-refractivity contribution in [2.45, 2.75) is 67.3 Å². The Hall–Kier alpha value is -1.09. The maximum Gasteiger partial charge on any atom is 0.333 e. The molecule has 0 aliphatic rings. The first-order valence-corrected chi connectivity index (χ1v) is 7.36. The SMILES string of the molecule is CC.COC(=O)/C(C)=C/C=C(\C)C(N)CCC(C)(C)C. The smallest absolute Gasteiger partial charge is 0.333 e. The van der Waals surface area contributed by atoms with Gasteiger partial charge in [-0.05, 0) is 32.1 Å². The maximum atomic E-state index is 11.2. The van der Waals surface area contributed by atoms with Gasteiger partial charge in [-0.1, -0.05) is 52.3 Å². The molecule has 3 nitrogen and oxygen atoms in total. The largest absolute Gasteiger partial charge is 0.466 e. The van der Waals surface area contributed by atoms with Crippen LogP contribution in [0.25, 0.3) is 0 Å². The van der Waals surface area contributed by atoms with Gasteiger partial charge < -0.3 is 10.5 Å². The number of carbonyl (C=O) groups is 1. The summed E-state index contributed by atoms with van der Waals surface area (Å²) >= 11 is 0. The molecule has 0 saturated carbocycles. The number of rotatable bonds is 5. The van der Waals surface area contributed by atoms with Crippen molar-refractivity contribution in [1.82, 2.24) is 0 Å². The summed E-state index contributed by atoms with van der Waals surface area (Å²) in [4.78, 5) is 11.2. The molecule has 0 amide bonds. The van der Waals surface area contributed by atoms with Gasteiger partial charge in [0.2, 0.25) is 0 Å². The van der Waals surface area contributed by atoms with Crippen LogP contribution in [0.3, 0.4) is 0 Å². The summed E-state index contributed by atoms with van der Waals surface area (Å²) in [7, 11) is 1.38. The highest BCUT2D eigenvalue weighted by atomic mass is 16.5. The van der Waals surface area contributed by atoms with Gasteiger partial charge in [0.1, 0.15) is 0 Å². The molecule has 118 valence electrons. The molecule has 2 N–H and O–H groups in total. The van der Waals surface area contributed by atoms with Crippen LogP contribution < -0.4 is 5.73 Å². The van der Waals surface area contributed by atoms with Gasteiger partial charge in [0.25, 0.3) is 0 Å². The number of nitrogens with two attached hydrogens (primary N) is 1. The third-order valence-corrected chi connectivity index (χ3v) is 2.89. The molecule has 0 heterocycles. The summed E-state index contributed by atoms with van der Waals surface area (Å²) in [5.41, 5.74) is 8.08. The summed E-state index contributed by atoms with van der Waals surface area (Å²) in [5.74, 6) is -0.303. The number of esters is 1. The molecule has 0 spiro atoms. The second-order valence-corrected chi connectivity index (χ2v) is 5.96. The third-order valence-electron chi connectivity index (χ3n) is 2.89. The van der Waals surface area contributed by atoms with Crippen LogP contribution in [0.15, 0.2) is 23.3 Å². The molecule has 0 aromatic carbocycles. The fourth-order valence-electron chi connectivity index (χ4n) is 1.43. The summed E-state index contributed by atoms with van der Waals surface area (Å²) in [5, 5.41) is 0. The topological polar surface area (TPSA) is 52.3 Å². The molecule has 0 rings (SSSR count). The number of hydrogen-bond acceptors (Lipinski definition) is 3. The minimum Gasteiger partial charge on any atom is -0.466 e. The third kappa shape index (κ3) is 10.8. The van der Waals surface area contributed by atoms with Crippen molar-refractivity contribution in [3.63, 3.8) is 0 Å². The van der Waals surface area contributed by atoms with Crippen molar-refractivity contribution in [2.75, 3.05) is 7.11 Å². The lowest BCUT2D eigenvalue weighted by Gasteiger charge is -2.21. The van der Waals surface area contributed by atoms with Crippen molar-refractivity contribution >= 4 is 5.97 Å². The average molecular weight is 283 g/mol. The number of methoxy groups -OCH3 is 1. The Labute approximate surface area is 125 Å². The van der Waals surface area contributed by atoms with Crippen molar-refractivity contribution in [3.05, 3.63) is 23.3 Å². The van der Waals surface area contributed by atoms with Crippen molar-refractivity contribution in [2.24, 2.45) is 11.1 Å². The van der Waals surface area contributed by atoms with Gasteiger partial charge in [-0.2, -0.15) is 0 Å². The summed E-state index contributed by atoms with van der Waals surface area (Å²) < 4.78 is 4.63. The lowest BCUT2D eigenvalue weighted by molar-refractivity contribution is -0.136. The highest BCUT2D eigenvalue weighted by Crippen LogP contribution is 2.22. The van der Waals surface area contributed by atoms with E-state index in [0.29, 0.717) is 11.0 Å². The molecule has 0 fully saturated rings. The lowest BCUT2D eigenvalue weighted by atomic mass is 9.87. The molecule has 0 radical (unpaired) electrons. The zero-order chi connectivity index (χ0) is 16.3. The van der Waals surface area contributed by atoms with E-state index < -0.39 is 0 Å². The zero-order valence-corrected chi connectivity index (χ0v) is 14.5. The van der Waals surface area contributed by atoms with E-state index in [1.54, 1.807) is 13.0 Å². The highest BCUT2D eigenvalue weighted by Gasteiger charge is 2.13. The van der Waals surface area contributed by atoms with E-state index in [2.05, 4.69) is 25.5 Å². The molecule has 0 aromatic rings. The van der Waals surface area contributed by atoms with Gasteiger partial charge in [-0.3, -0.25) is 0 Å². The second-order valence-electron chi connectivity index (χ2n) is 5.96. The standard InChI is InChI=1S/C15H27NO2.C2H6/c1-11(7-8-12(2)14(17)18-6)13(16)9-10-15(3,4)5;1-2/h7-8,13H,9-10,16H2,1-6H3;1-2H3/b11-7+,12-8+;. The number of allylic oxidation sites excluding steroid dienone is 2. The Morgan fingerprint density at radius 1 is 1.20 bits per heavy atom. The first-order valence-electron chi connectivity index (χ1n) is 7.36. The van der Waals surface area contributed by atoms with Crippen LogP contribution in [0.1, 0.15) is 61.3 Å². The van der Waals surface area contributed by atoms with Crippen LogP contribution in [0.2, 0.25) is 0 Å². The molecule has 1 unspecified atom stereocenters. The van der Waals surface area contributed by atoms with Gasteiger partial charge in [0.15, 0.2) is 0 Å². The van der Waals surface area contributed by atoms with Gasteiger partial charge in [-0.25, -0.2) is 4.79 Å². The van der Waals surface area contributed by atoms with Crippen molar-refractivity contribution in [3.8, 4) is 0 Å². The van der Waals surface area contributed by atoms with Crippen LogP contribution in [0, 0.1) is 5.41 Å². The molecular weight excluding hydrogens is 250 g/mol. The molecule has 3 heteroatoms. The summed E-state index contributed by atoms with van der Waals surface area (Å²) in [6.45, 7) is 14.4. The van der Waals surface area contributed by atoms with E-state index in [1.807, 2.05) is 26.8 Å². The normalized spacial score (nSPS) is 14.2. The maximum absolute atomic E-state index is 11.2. The predicted octanol–water partition coefficient (Wildman–Crippen LogP) is 4.23. The second kappa shape index (κ2) is 10.7. The summed E-state index contributed by atoms with van der Waals surface area (Å²) in [6.07, 6.45) is 5.70. The summed E-state index contributed by atoms with van der Waals surface area (Å²) in [6, 6.07) is 0.0471. The van der Waals surface area contributed by atoms with E-state index >= 15 is 0 Å². The first-order chi connectivity index (χ1) is 9.17. The van der Waals surface area contributed by atoms with Crippen molar-refractivity contribution in [1.29, 1.82) is 0 Å². The molecule has 0 aliphatic heterocycles. The Kier molecular flexibility index (Phi) is 11.3. The highest BCUT2D eigenvalue weighted by molar-refractivity contribution is 5.87. The van der Waals surface area contributed by atoms with E-state index in [9.17, 15) is 4.79 Å². The Morgan fingerprint density at radius 2 is 1.70 bits per heavy atom. The number of carbonyl (C=O) groups excluding carboxylic acids is 1. The molecule has 0 bridgehead atoms. The van der Waals surface area contributed by atoms with Crippen LogP contribution in [-0.2, 0) is 9.53 Å². The molecule has 0 aromatic heterocycles. The van der Waals surface area contributed by atoms with E-state index in [1.165, 1.54) is 7.11 Å². The van der Waals surface area contributed by atoms with Crippen LogP contribution in [-0.4, -0.2) is 19.1 Å². The van der Waals surface area contributed by atoms with Crippen LogP contribution in [0.5, 0.6) is 0 Å². The van der Waals surface area contributed by atoms with E-state index in [4.69, 9.17) is 5.73 Å². The lowest BCUT2D eigenvalue weighted by Crippen LogP contribution is -2.23. The fourth-order valence-corrected chi connectivity index (χ4v) is 1.43. The van der Waals surface area contributed by atoms with Crippen molar-refractivity contribution < 1.29 is 9.53 Å². The number of ether oxygens (including phenoxy) is 1. The average Bonchev–Trinajstić information content (AvgIpc) is 2.41. The Bertz CT molecular complexity index is 335. The molecule has 0 saturated heterocycles. The van der Waals surface area contributed by atoms with Gasteiger partial charge in [0, 0.05) is 11.6 Å². The predicted molar refractivity (Wildman–Crippen MR) is 87.5 cm³/mol. The molecule has 0 aliphatic carbocycles. The minimum absolute atomic E-state index is 0.0471. The van der Waals surface area contributed by atoms with E-state index in [0.717, 1.165) is 18.4 Å². The Morgan fingerprint density at radius 3 is 2.10 bits per heavy atom. The Balaban J connectivity index is 0. The fraction of sp³-hybridized carbons (Fsp3) is 0.706. The van der Waals surface area contributed by atoms with Gasteiger partial charge >= 0.3 is 5.97 Å². The molecular formula is C17H33NO2. The molecule has 1 atom stereocenters. The minimum atomic E-state index is -0.303. The van der Waals surface area contributed by atoms with E-state index in [-0.39, 0.29) is 12.0 Å². The number of hydrogen-bond donors (Lipinski definition) is 1. The van der Waals surface area contributed by atoms with Gasteiger partial charge in [-0.15, -0.1) is 0 Å².